The molecule has 1 amide bonds. The molecule has 1 aromatic carbocycles. The second kappa shape index (κ2) is 8.02. The Morgan fingerprint density at radius 2 is 2.04 bits per heavy atom. The first-order valence-corrected chi connectivity index (χ1v) is 10.2. The Balaban J connectivity index is 1.32. The fraction of sp³-hybridized carbons (Fsp3) is 0.409. The average molecular weight is 400 g/mol. The van der Waals surface area contributed by atoms with Crippen molar-refractivity contribution >= 4 is 28.4 Å². The number of rotatable bonds is 5. The van der Waals surface area contributed by atoms with E-state index in [1.165, 1.54) is 16.5 Å². The summed E-state index contributed by atoms with van der Waals surface area (Å²) in [4.78, 5) is 14.9. The van der Waals surface area contributed by atoms with Crippen LogP contribution in [0.2, 0.25) is 5.02 Å². The topological polar surface area (TPSA) is 50.4 Å². The quantitative estimate of drug-likeness (QED) is 0.697. The molecule has 3 heterocycles. The molecule has 28 heavy (non-hydrogen) atoms. The molecule has 0 radical (unpaired) electrons. The van der Waals surface area contributed by atoms with Crippen molar-refractivity contribution in [2.45, 2.75) is 32.9 Å². The van der Waals surface area contributed by atoms with Gasteiger partial charge in [-0.15, -0.1) is 0 Å². The molecule has 0 spiro atoms. The number of halogens is 1. The lowest BCUT2D eigenvalue weighted by atomic mass is 9.95. The summed E-state index contributed by atoms with van der Waals surface area (Å²) in [6.07, 6.45) is 3.95. The summed E-state index contributed by atoms with van der Waals surface area (Å²) in [5, 5.41) is 4.99. The molecule has 0 bridgehead atoms. The van der Waals surface area contributed by atoms with Crippen LogP contribution in [0.15, 0.2) is 40.9 Å². The van der Waals surface area contributed by atoms with Gasteiger partial charge in [0.15, 0.2) is 0 Å². The number of likely N-dealkylation sites (tertiary alicyclic amines) is 1. The number of fused-ring (bicyclic) bond motifs is 1. The maximum absolute atomic E-state index is 12.5. The number of amides is 1. The predicted octanol–water partition coefficient (Wildman–Crippen LogP) is 4.26. The van der Waals surface area contributed by atoms with E-state index < -0.39 is 0 Å². The summed E-state index contributed by atoms with van der Waals surface area (Å²) in [5.74, 6) is 1.88. The van der Waals surface area contributed by atoms with E-state index in [1.807, 2.05) is 31.2 Å². The van der Waals surface area contributed by atoms with Gasteiger partial charge in [-0.25, -0.2) is 0 Å². The van der Waals surface area contributed by atoms with E-state index in [1.54, 1.807) is 0 Å². The molecule has 2 aromatic heterocycles. The molecule has 4 rings (SSSR count). The lowest BCUT2D eigenvalue weighted by Crippen LogP contribution is -2.40. The standard InChI is InChI=1S/C22H26ClN3O2/c1-15-3-5-19(28-15)12-24-22(27)16-7-9-26(10-8-16)14-17-13-25(2)21-6-4-18(23)11-20(17)21/h3-6,11,13,16H,7-10,12,14H2,1-2H3,(H,24,27). The number of benzene rings is 1. The minimum atomic E-state index is 0.0780. The lowest BCUT2D eigenvalue weighted by molar-refractivity contribution is -0.126. The van der Waals surface area contributed by atoms with Crippen LogP contribution in [0.5, 0.6) is 0 Å². The van der Waals surface area contributed by atoms with Crippen LogP contribution in [0.1, 0.15) is 29.9 Å². The molecule has 0 atom stereocenters. The summed E-state index contributed by atoms with van der Waals surface area (Å²) < 4.78 is 7.67. The fourth-order valence-electron chi connectivity index (χ4n) is 4.06. The Bertz CT molecular complexity index is 983. The first-order valence-electron chi connectivity index (χ1n) is 9.78. The highest BCUT2D eigenvalue weighted by molar-refractivity contribution is 6.31. The fourth-order valence-corrected chi connectivity index (χ4v) is 4.24. The zero-order chi connectivity index (χ0) is 19.7. The van der Waals surface area contributed by atoms with Gasteiger partial charge in [0.25, 0.3) is 0 Å². The highest BCUT2D eigenvalue weighted by Crippen LogP contribution is 2.27. The van der Waals surface area contributed by atoms with Crippen molar-refractivity contribution in [1.29, 1.82) is 0 Å². The number of aromatic nitrogens is 1. The van der Waals surface area contributed by atoms with E-state index in [9.17, 15) is 4.79 Å². The monoisotopic (exact) mass is 399 g/mol. The number of furan rings is 1. The van der Waals surface area contributed by atoms with Gasteiger partial charge in [-0.2, -0.15) is 0 Å². The molecule has 1 fully saturated rings. The van der Waals surface area contributed by atoms with Crippen molar-refractivity contribution in [3.63, 3.8) is 0 Å². The van der Waals surface area contributed by atoms with Gasteiger partial charge in [-0.3, -0.25) is 9.69 Å². The Hall–Kier alpha value is -2.24. The minimum Gasteiger partial charge on any atom is -0.465 e. The Kier molecular flexibility index (Phi) is 5.47. The van der Waals surface area contributed by atoms with Crippen molar-refractivity contribution in [3.8, 4) is 0 Å². The molecule has 1 N–H and O–H groups in total. The first-order chi connectivity index (χ1) is 13.5. The van der Waals surface area contributed by atoms with Gasteiger partial charge in [0.2, 0.25) is 5.91 Å². The van der Waals surface area contributed by atoms with E-state index in [2.05, 4.69) is 34.1 Å². The molecule has 1 aliphatic rings. The van der Waals surface area contributed by atoms with Gasteiger partial charge in [-0.05, 0) is 68.8 Å². The Labute approximate surface area is 170 Å². The summed E-state index contributed by atoms with van der Waals surface area (Å²) in [7, 11) is 2.07. The molecule has 0 unspecified atom stereocenters. The third kappa shape index (κ3) is 4.10. The van der Waals surface area contributed by atoms with Crippen molar-refractivity contribution < 1.29 is 9.21 Å². The number of aryl methyl sites for hydroxylation is 2. The van der Waals surface area contributed by atoms with E-state index in [0.717, 1.165) is 49.0 Å². The highest BCUT2D eigenvalue weighted by atomic mass is 35.5. The average Bonchev–Trinajstić information content (AvgIpc) is 3.23. The number of nitrogens with one attached hydrogen (secondary N) is 1. The van der Waals surface area contributed by atoms with Crippen LogP contribution in [0, 0.1) is 12.8 Å². The van der Waals surface area contributed by atoms with Crippen LogP contribution in [0.25, 0.3) is 10.9 Å². The highest BCUT2D eigenvalue weighted by Gasteiger charge is 2.25. The summed E-state index contributed by atoms with van der Waals surface area (Å²) in [6, 6.07) is 9.87. The zero-order valence-electron chi connectivity index (χ0n) is 16.4. The number of hydrogen-bond acceptors (Lipinski definition) is 3. The van der Waals surface area contributed by atoms with Gasteiger partial charge >= 0.3 is 0 Å². The number of carbonyl (C=O) groups excluding carboxylic acids is 1. The molecular weight excluding hydrogens is 374 g/mol. The van der Waals surface area contributed by atoms with Crippen LogP contribution >= 0.6 is 11.6 Å². The maximum Gasteiger partial charge on any atom is 0.223 e. The van der Waals surface area contributed by atoms with E-state index in [-0.39, 0.29) is 11.8 Å². The van der Waals surface area contributed by atoms with Crippen LogP contribution in [0.3, 0.4) is 0 Å². The molecular formula is C22H26ClN3O2. The molecule has 1 saturated heterocycles. The van der Waals surface area contributed by atoms with Crippen molar-refractivity contribution in [1.82, 2.24) is 14.8 Å². The van der Waals surface area contributed by atoms with Gasteiger partial charge < -0.3 is 14.3 Å². The van der Waals surface area contributed by atoms with E-state index in [4.69, 9.17) is 16.0 Å². The molecule has 3 aromatic rings. The van der Waals surface area contributed by atoms with Gasteiger partial charge in [0.05, 0.1) is 6.54 Å². The number of hydrogen-bond donors (Lipinski definition) is 1. The Morgan fingerprint density at radius 1 is 1.25 bits per heavy atom. The zero-order valence-corrected chi connectivity index (χ0v) is 17.1. The van der Waals surface area contributed by atoms with Crippen molar-refractivity contribution in [2.24, 2.45) is 13.0 Å². The second-order valence-electron chi connectivity index (χ2n) is 7.71. The van der Waals surface area contributed by atoms with Gasteiger partial charge in [0.1, 0.15) is 11.5 Å². The normalized spacial score (nSPS) is 16.0. The minimum absolute atomic E-state index is 0.0780. The molecule has 148 valence electrons. The summed E-state index contributed by atoms with van der Waals surface area (Å²) >= 11 is 6.20. The van der Waals surface area contributed by atoms with Crippen molar-refractivity contribution in [3.05, 3.63) is 58.6 Å². The molecule has 0 aliphatic carbocycles. The third-order valence-corrected chi connectivity index (χ3v) is 5.85. The lowest BCUT2D eigenvalue weighted by Gasteiger charge is -2.31. The predicted molar refractivity (Wildman–Crippen MR) is 111 cm³/mol. The van der Waals surface area contributed by atoms with Crippen molar-refractivity contribution in [2.75, 3.05) is 13.1 Å². The molecule has 5 nitrogen and oxygen atoms in total. The van der Waals surface area contributed by atoms with Crippen LogP contribution < -0.4 is 5.32 Å². The summed E-state index contributed by atoms with van der Waals surface area (Å²) in [5.41, 5.74) is 2.48. The molecule has 1 aliphatic heterocycles. The molecule has 0 saturated carbocycles. The second-order valence-corrected chi connectivity index (χ2v) is 8.14. The van der Waals surface area contributed by atoms with Gasteiger partial charge in [-0.1, -0.05) is 11.6 Å². The maximum atomic E-state index is 12.5. The summed E-state index contributed by atoms with van der Waals surface area (Å²) in [6.45, 7) is 5.11. The first kappa shape index (κ1) is 19.1. The molecule has 6 heteroatoms. The number of carbonyl (C=O) groups is 1. The van der Waals surface area contributed by atoms with Crippen LogP contribution in [-0.4, -0.2) is 28.5 Å². The van der Waals surface area contributed by atoms with Gasteiger partial charge in [0, 0.05) is 41.6 Å². The smallest absolute Gasteiger partial charge is 0.223 e. The SMILES string of the molecule is Cc1ccc(CNC(=O)C2CCN(Cc3cn(C)c4ccc(Cl)cc34)CC2)o1. The number of piperidine rings is 1. The van der Waals surface area contributed by atoms with E-state index in [0.29, 0.717) is 6.54 Å². The largest absolute Gasteiger partial charge is 0.465 e. The van der Waals surface area contributed by atoms with Crippen LogP contribution in [0.4, 0.5) is 0 Å². The third-order valence-electron chi connectivity index (χ3n) is 5.62. The van der Waals surface area contributed by atoms with E-state index >= 15 is 0 Å². The van der Waals surface area contributed by atoms with Crippen LogP contribution in [-0.2, 0) is 24.9 Å². The Morgan fingerprint density at radius 3 is 2.75 bits per heavy atom. The number of nitrogens with zero attached hydrogens (tertiary/aromatic N) is 2.